The normalized spacial score (nSPS) is 20.8. The van der Waals surface area contributed by atoms with Gasteiger partial charge in [0.15, 0.2) is 0 Å². The first kappa shape index (κ1) is 11.8. The molecule has 2 heterocycles. The summed E-state index contributed by atoms with van der Waals surface area (Å²) in [6.07, 6.45) is 3.65. The van der Waals surface area contributed by atoms with Crippen LogP contribution in [0.15, 0.2) is 18.2 Å². The fraction of sp³-hybridized carbons (Fsp3) is 0.500. The van der Waals surface area contributed by atoms with Crippen LogP contribution in [0.1, 0.15) is 25.6 Å². The summed E-state index contributed by atoms with van der Waals surface area (Å²) in [5, 5.41) is 0. The highest BCUT2D eigenvalue weighted by Crippen LogP contribution is 2.17. The average molecular weight is 239 g/mol. The summed E-state index contributed by atoms with van der Waals surface area (Å²) >= 11 is 0. The fourth-order valence-corrected chi connectivity index (χ4v) is 2.77. The van der Waals surface area contributed by atoms with Crippen LogP contribution in [0.2, 0.25) is 0 Å². The SMILES string of the molecule is [B]c1ccc2nc(CCN3CCC[C@H]3C)[nH]c2c1. The summed E-state index contributed by atoms with van der Waals surface area (Å²) in [6.45, 7) is 4.64. The second-order valence-electron chi connectivity index (χ2n) is 5.24. The Hall–Kier alpha value is -1.29. The molecule has 92 valence electrons. The van der Waals surface area contributed by atoms with Gasteiger partial charge in [-0.25, -0.2) is 4.98 Å². The van der Waals surface area contributed by atoms with Crippen molar-refractivity contribution < 1.29 is 0 Å². The number of rotatable bonds is 3. The largest absolute Gasteiger partial charge is 0.342 e. The van der Waals surface area contributed by atoms with Gasteiger partial charge in [-0.05, 0) is 38.4 Å². The maximum absolute atomic E-state index is 5.77. The van der Waals surface area contributed by atoms with Crippen LogP contribution in [0.5, 0.6) is 0 Å². The molecule has 4 heteroatoms. The predicted octanol–water partition coefficient (Wildman–Crippen LogP) is 1.38. The van der Waals surface area contributed by atoms with E-state index in [0.717, 1.165) is 41.3 Å². The van der Waals surface area contributed by atoms with E-state index >= 15 is 0 Å². The lowest BCUT2D eigenvalue weighted by atomic mass is 9.96. The number of aromatic amines is 1. The Balaban J connectivity index is 1.71. The van der Waals surface area contributed by atoms with Gasteiger partial charge in [0.2, 0.25) is 0 Å². The molecule has 3 rings (SSSR count). The minimum Gasteiger partial charge on any atom is -0.342 e. The van der Waals surface area contributed by atoms with Crippen molar-refractivity contribution in [3.63, 3.8) is 0 Å². The monoisotopic (exact) mass is 239 g/mol. The van der Waals surface area contributed by atoms with Gasteiger partial charge < -0.3 is 9.88 Å². The van der Waals surface area contributed by atoms with Crippen LogP contribution < -0.4 is 5.46 Å². The number of H-pyrrole nitrogens is 1. The third-order valence-corrected chi connectivity index (χ3v) is 3.88. The first-order valence-corrected chi connectivity index (χ1v) is 6.70. The molecule has 2 aromatic rings. The Bertz CT molecular complexity index is 549. The molecule has 0 saturated carbocycles. The summed E-state index contributed by atoms with van der Waals surface area (Å²) < 4.78 is 0. The predicted molar refractivity (Wildman–Crippen MR) is 75.5 cm³/mol. The van der Waals surface area contributed by atoms with E-state index in [1.54, 1.807) is 0 Å². The zero-order valence-electron chi connectivity index (χ0n) is 10.8. The molecule has 1 fully saturated rings. The Morgan fingerprint density at radius 2 is 2.39 bits per heavy atom. The minimum absolute atomic E-state index is 0.727. The highest BCUT2D eigenvalue weighted by Gasteiger charge is 2.19. The summed E-state index contributed by atoms with van der Waals surface area (Å²) in [4.78, 5) is 10.5. The standard InChI is InChI=1S/C14H18BN3/c1-10-3-2-7-18(10)8-6-14-16-12-5-4-11(15)9-13(12)17-14/h4-5,9-10H,2-3,6-8H2,1H3,(H,16,17)/t10-/m1/s1. The molecule has 0 aliphatic carbocycles. The molecule has 1 aromatic heterocycles. The van der Waals surface area contributed by atoms with Gasteiger partial charge in [0, 0.05) is 19.0 Å². The van der Waals surface area contributed by atoms with E-state index in [1.807, 2.05) is 18.2 Å². The number of nitrogens with one attached hydrogen (secondary N) is 1. The van der Waals surface area contributed by atoms with Crippen LogP contribution in [0.4, 0.5) is 0 Å². The lowest BCUT2D eigenvalue weighted by Gasteiger charge is -2.19. The topological polar surface area (TPSA) is 31.9 Å². The van der Waals surface area contributed by atoms with E-state index in [4.69, 9.17) is 7.85 Å². The third-order valence-electron chi connectivity index (χ3n) is 3.88. The van der Waals surface area contributed by atoms with Gasteiger partial charge in [0.25, 0.3) is 0 Å². The summed E-state index contributed by atoms with van der Waals surface area (Å²) in [5.41, 5.74) is 2.83. The van der Waals surface area contributed by atoms with E-state index in [-0.39, 0.29) is 0 Å². The smallest absolute Gasteiger partial charge is 0.113 e. The molecule has 3 nitrogen and oxygen atoms in total. The molecule has 1 aliphatic heterocycles. The molecule has 1 atom stereocenters. The van der Waals surface area contributed by atoms with Crippen molar-refractivity contribution in [1.29, 1.82) is 0 Å². The van der Waals surface area contributed by atoms with Gasteiger partial charge in [-0.3, -0.25) is 0 Å². The number of likely N-dealkylation sites (tertiary alicyclic amines) is 1. The lowest BCUT2D eigenvalue weighted by molar-refractivity contribution is 0.271. The zero-order valence-corrected chi connectivity index (χ0v) is 10.8. The molecule has 1 aromatic carbocycles. The van der Waals surface area contributed by atoms with Crippen molar-refractivity contribution in [1.82, 2.24) is 14.9 Å². The molecular weight excluding hydrogens is 221 g/mol. The van der Waals surface area contributed by atoms with Crippen molar-refractivity contribution >= 4 is 24.3 Å². The first-order valence-electron chi connectivity index (χ1n) is 6.70. The Morgan fingerprint density at radius 3 is 3.17 bits per heavy atom. The second-order valence-corrected chi connectivity index (χ2v) is 5.24. The lowest BCUT2D eigenvalue weighted by Crippen LogP contribution is -2.29. The average Bonchev–Trinajstić information content (AvgIpc) is 2.92. The first-order chi connectivity index (χ1) is 8.72. The molecular formula is C14H18BN3. The van der Waals surface area contributed by atoms with E-state index in [9.17, 15) is 0 Å². The van der Waals surface area contributed by atoms with Crippen LogP contribution in [0.3, 0.4) is 0 Å². The van der Waals surface area contributed by atoms with Crippen molar-refractivity contribution in [2.24, 2.45) is 0 Å². The number of aromatic nitrogens is 2. The molecule has 1 aliphatic rings. The molecule has 2 radical (unpaired) electrons. The van der Waals surface area contributed by atoms with Gasteiger partial charge in [0.05, 0.1) is 11.0 Å². The van der Waals surface area contributed by atoms with Crippen molar-refractivity contribution in [3.8, 4) is 0 Å². The number of benzene rings is 1. The van der Waals surface area contributed by atoms with Gasteiger partial charge in [-0.15, -0.1) is 0 Å². The van der Waals surface area contributed by atoms with Crippen LogP contribution in [0.25, 0.3) is 11.0 Å². The summed E-state index contributed by atoms with van der Waals surface area (Å²) in [7, 11) is 5.77. The van der Waals surface area contributed by atoms with Gasteiger partial charge in [0.1, 0.15) is 13.7 Å². The van der Waals surface area contributed by atoms with Crippen molar-refractivity contribution in [3.05, 3.63) is 24.0 Å². The van der Waals surface area contributed by atoms with Crippen molar-refractivity contribution in [2.75, 3.05) is 13.1 Å². The molecule has 0 unspecified atom stereocenters. The molecule has 1 N–H and O–H groups in total. The highest BCUT2D eigenvalue weighted by molar-refractivity contribution is 6.33. The van der Waals surface area contributed by atoms with Crippen LogP contribution in [-0.4, -0.2) is 41.8 Å². The molecule has 0 bridgehead atoms. The number of fused-ring (bicyclic) bond motifs is 1. The second kappa shape index (κ2) is 4.77. The van der Waals surface area contributed by atoms with E-state index in [0.29, 0.717) is 0 Å². The van der Waals surface area contributed by atoms with Gasteiger partial charge in [-0.2, -0.15) is 0 Å². The summed E-state index contributed by atoms with van der Waals surface area (Å²) in [5.74, 6) is 1.06. The van der Waals surface area contributed by atoms with Crippen LogP contribution >= 0.6 is 0 Å². The third kappa shape index (κ3) is 2.30. The molecule has 1 saturated heterocycles. The number of nitrogens with zero attached hydrogens (tertiary/aromatic N) is 2. The Kier molecular flexibility index (Phi) is 3.12. The van der Waals surface area contributed by atoms with E-state index in [2.05, 4.69) is 21.8 Å². The quantitative estimate of drug-likeness (QED) is 0.820. The molecule has 0 spiro atoms. The van der Waals surface area contributed by atoms with Crippen LogP contribution in [0, 0.1) is 0 Å². The Labute approximate surface area is 109 Å². The number of hydrogen-bond donors (Lipinski definition) is 1. The number of imidazole rings is 1. The van der Waals surface area contributed by atoms with E-state index in [1.165, 1.54) is 19.4 Å². The number of hydrogen-bond acceptors (Lipinski definition) is 2. The molecule has 0 amide bonds. The van der Waals surface area contributed by atoms with Gasteiger partial charge >= 0.3 is 0 Å². The highest BCUT2D eigenvalue weighted by atomic mass is 15.2. The maximum Gasteiger partial charge on any atom is 0.113 e. The van der Waals surface area contributed by atoms with Crippen LogP contribution in [-0.2, 0) is 6.42 Å². The Morgan fingerprint density at radius 1 is 1.50 bits per heavy atom. The maximum atomic E-state index is 5.77. The minimum atomic E-state index is 0.727. The van der Waals surface area contributed by atoms with E-state index < -0.39 is 0 Å². The zero-order chi connectivity index (χ0) is 12.5. The van der Waals surface area contributed by atoms with Gasteiger partial charge in [-0.1, -0.05) is 11.5 Å². The van der Waals surface area contributed by atoms with Crippen molar-refractivity contribution in [2.45, 2.75) is 32.2 Å². The fourth-order valence-electron chi connectivity index (χ4n) is 2.77. The summed E-state index contributed by atoms with van der Waals surface area (Å²) in [6, 6.07) is 6.55. The molecule has 18 heavy (non-hydrogen) atoms.